The monoisotopic (exact) mass is 517 g/mol. The molecule has 4 aromatic rings. The van der Waals surface area contributed by atoms with Gasteiger partial charge in [0.2, 0.25) is 5.13 Å². The number of nitriles is 1. The summed E-state index contributed by atoms with van der Waals surface area (Å²) < 4.78 is 0.306. The van der Waals surface area contributed by atoms with E-state index in [1.54, 1.807) is 24.4 Å². The summed E-state index contributed by atoms with van der Waals surface area (Å²) in [4.78, 5) is 14.8. The fourth-order valence-electron chi connectivity index (χ4n) is 2.75. The SMILES string of the molecule is N#Cc1cc([N+](=O)[O-])cc(Br)c1N=Nc1cccc(/C=N/c2nnc(-c3ccccc3)s2)c1. The molecule has 0 unspecified atom stereocenters. The molecule has 0 aliphatic carbocycles. The summed E-state index contributed by atoms with van der Waals surface area (Å²) in [5.74, 6) is 0. The number of aromatic nitrogens is 2. The highest BCUT2D eigenvalue weighted by atomic mass is 79.9. The lowest BCUT2D eigenvalue weighted by molar-refractivity contribution is -0.384. The van der Waals surface area contributed by atoms with Gasteiger partial charge in [0.25, 0.3) is 5.69 Å². The summed E-state index contributed by atoms with van der Waals surface area (Å²) in [5, 5.41) is 38.2. The molecular formula is C22H12BrN7O2S. The first-order valence-corrected chi connectivity index (χ1v) is 11.0. The Hall–Kier alpha value is -4.14. The summed E-state index contributed by atoms with van der Waals surface area (Å²) in [6, 6.07) is 21.2. The molecule has 0 aliphatic heterocycles. The third-order valence-electron chi connectivity index (χ3n) is 4.27. The van der Waals surface area contributed by atoms with Crippen molar-refractivity contribution in [2.45, 2.75) is 0 Å². The van der Waals surface area contributed by atoms with Gasteiger partial charge in [0, 0.05) is 23.9 Å². The van der Waals surface area contributed by atoms with Gasteiger partial charge in [-0.3, -0.25) is 10.1 Å². The van der Waals surface area contributed by atoms with Gasteiger partial charge in [-0.05, 0) is 33.6 Å². The van der Waals surface area contributed by atoms with E-state index in [-0.39, 0.29) is 16.9 Å². The first-order chi connectivity index (χ1) is 16.0. The Balaban J connectivity index is 1.53. The van der Waals surface area contributed by atoms with Gasteiger partial charge in [-0.2, -0.15) is 10.4 Å². The Kier molecular flexibility index (Phi) is 6.68. The zero-order chi connectivity index (χ0) is 23.2. The highest BCUT2D eigenvalue weighted by Gasteiger charge is 2.15. The van der Waals surface area contributed by atoms with Gasteiger partial charge in [0.1, 0.15) is 16.8 Å². The van der Waals surface area contributed by atoms with E-state index in [9.17, 15) is 15.4 Å². The smallest absolute Gasteiger partial charge is 0.258 e. The normalized spacial score (nSPS) is 11.2. The molecular weight excluding hydrogens is 506 g/mol. The van der Waals surface area contributed by atoms with Crippen molar-refractivity contribution in [1.82, 2.24) is 10.2 Å². The average Bonchev–Trinajstić information content (AvgIpc) is 3.31. The topological polar surface area (TPSA) is 130 Å². The van der Waals surface area contributed by atoms with Crippen LogP contribution in [0, 0.1) is 21.4 Å². The molecule has 0 spiro atoms. The standard InChI is InChI=1S/C22H12BrN7O2S/c23-19-11-18(30(31)32)10-16(12-24)20(19)27-26-17-8-4-5-14(9-17)13-25-22-29-28-21(33-22)15-6-2-1-3-7-15/h1-11,13H/b25-13+,27-26?. The predicted molar refractivity (Wildman–Crippen MR) is 129 cm³/mol. The minimum atomic E-state index is -0.573. The number of rotatable bonds is 6. The maximum absolute atomic E-state index is 11.0. The molecule has 0 saturated carbocycles. The molecule has 0 amide bonds. The van der Waals surface area contributed by atoms with Gasteiger partial charge in [-0.15, -0.1) is 15.3 Å². The molecule has 33 heavy (non-hydrogen) atoms. The number of hydrogen-bond donors (Lipinski definition) is 0. The second-order valence-corrected chi connectivity index (χ2v) is 8.31. The van der Waals surface area contributed by atoms with Gasteiger partial charge < -0.3 is 0 Å². The third kappa shape index (κ3) is 5.38. The molecule has 0 fully saturated rings. The Bertz CT molecular complexity index is 1430. The predicted octanol–water partition coefficient (Wildman–Crippen LogP) is 6.91. The van der Waals surface area contributed by atoms with Crippen LogP contribution in [0.15, 0.2) is 86.4 Å². The Morgan fingerprint density at radius 2 is 1.88 bits per heavy atom. The zero-order valence-corrected chi connectivity index (χ0v) is 19.1. The van der Waals surface area contributed by atoms with Crippen LogP contribution >= 0.6 is 27.3 Å². The second kappa shape index (κ2) is 9.99. The molecule has 0 radical (unpaired) electrons. The van der Waals surface area contributed by atoms with Crippen LogP contribution in [0.1, 0.15) is 11.1 Å². The van der Waals surface area contributed by atoms with E-state index in [1.807, 2.05) is 42.5 Å². The fraction of sp³-hybridized carbons (Fsp3) is 0. The van der Waals surface area contributed by atoms with Gasteiger partial charge >= 0.3 is 0 Å². The van der Waals surface area contributed by atoms with E-state index in [0.717, 1.165) is 22.2 Å². The van der Waals surface area contributed by atoms with Crippen LogP contribution in [0.25, 0.3) is 10.6 Å². The summed E-state index contributed by atoms with van der Waals surface area (Å²) in [6.07, 6.45) is 1.65. The average molecular weight is 518 g/mol. The summed E-state index contributed by atoms with van der Waals surface area (Å²) in [6.45, 7) is 0. The Morgan fingerprint density at radius 1 is 1.06 bits per heavy atom. The number of benzene rings is 3. The van der Waals surface area contributed by atoms with Gasteiger partial charge in [-0.25, -0.2) is 4.99 Å². The quantitative estimate of drug-likeness (QED) is 0.118. The van der Waals surface area contributed by atoms with Crippen molar-refractivity contribution in [3.63, 3.8) is 0 Å². The first kappa shape index (κ1) is 22.1. The number of aliphatic imine (C=N–C) groups is 1. The minimum absolute atomic E-state index is 0.0445. The minimum Gasteiger partial charge on any atom is -0.258 e. The van der Waals surface area contributed by atoms with Crippen LogP contribution in [0.4, 0.5) is 22.2 Å². The van der Waals surface area contributed by atoms with Crippen molar-refractivity contribution in [3.05, 3.63) is 92.4 Å². The number of nitro benzene ring substituents is 1. The zero-order valence-electron chi connectivity index (χ0n) is 16.7. The molecule has 3 aromatic carbocycles. The molecule has 0 bridgehead atoms. The lowest BCUT2D eigenvalue weighted by Gasteiger charge is -2.01. The number of non-ortho nitro benzene ring substituents is 1. The van der Waals surface area contributed by atoms with Crippen molar-refractivity contribution in [2.24, 2.45) is 15.2 Å². The van der Waals surface area contributed by atoms with E-state index >= 15 is 0 Å². The fourth-order valence-corrected chi connectivity index (χ4v) is 3.97. The van der Waals surface area contributed by atoms with Crippen LogP contribution in [0.3, 0.4) is 0 Å². The van der Waals surface area contributed by atoms with Crippen LogP contribution in [0.2, 0.25) is 0 Å². The van der Waals surface area contributed by atoms with Gasteiger partial charge in [-0.1, -0.05) is 53.8 Å². The highest BCUT2D eigenvalue weighted by molar-refractivity contribution is 9.10. The summed E-state index contributed by atoms with van der Waals surface area (Å²) in [7, 11) is 0. The van der Waals surface area contributed by atoms with E-state index in [4.69, 9.17) is 0 Å². The number of nitro groups is 1. The van der Waals surface area contributed by atoms with Crippen molar-refractivity contribution < 1.29 is 4.92 Å². The maximum atomic E-state index is 11.0. The number of hydrogen-bond acceptors (Lipinski definition) is 9. The number of azo groups is 1. The molecule has 0 aliphatic rings. The highest BCUT2D eigenvalue weighted by Crippen LogP contribution is 2.34. The molecule has 0 N–H and O–H groups in total. The van der Waals surface area contributed by atoms with E-state index in [2.05, 4.69) is 41.3 Å². The van der Waals surface area contributed by atoms with E-state index in [0.29, 0.717) is 15.3 Å². The van der Waals surface area contributed by atoms with E-state index < -0.39 is 4.92 Å². The van der Waals surface area contributed by atoms with Gasteiger partial charge in [0.15, 0.2) is 0 Å². The summed E-state index contributed by atoms with van der Waals surface area (Å²) in [5.41, 5.74) is 2.32. The van der Waals surface area contributed by atoms with Crippen LogP contribution in [0.5, 0.6) is 0 Å². The molecule has 160 valence electrons. The molecule has 4 rings (SSSR count). The number of halogens is 1. The van der Waals surface area contributed by atoms with Crippen LogP contribution < -0.4 is 0 Å². The maximum Gasteiger partial charge on any atom is 0.272 e. The Labute approximate surface area is 200 Å². The lowest BCUT2D eigenvalue weighted by atomic mass is 10.2. The molecule has 1 heterocycles. The Morgan fingerprint density at radius 3 is 2.64 bits per heavy atom. The van der Waals surface area contributed by atoms with Crippen molar-refractivity contribution >= 4 is 55.7 Å². The molecule has 11 heteroatoms. The number of nitrogens with zero attached hydrogens (tertiary/aromatic N) is 7. The largest absolute Gasteiger partial charge is 0.272 e. The van der Waals surface area contributed by atoms with Crippen molar-refractivity contribution in [3.8, 4) is 16.6 Å². The van der Waals surface area contributed by atoms with Crippen LogP contribution in [-0.2, 0) is 0 Å². The lowest BCUT2D eigenvalue weighted by Crippen LogP contribution is -1.89. The summed E-state index contributed by atoms with van der Waals surface area (Å²) >= 11 is 4.60. The van der Waals surface area contributed by atoms with E-state index in [1.165, 1.54) is 17.4 Å². The molecule has 0 atom stereocenters. The van der Waals surface area contributed by atoms with Crippen LogP contribution in [-0.4, -0.2) is 21.3 Å². The third-order valence-corrected chi connectivity index (χ3v) is 5.76. The molecule has 0 saturated heterocycles. The molecule has 1 aromatic heterocycles. The molecule has 9 nitrogen and oxygen atoms in total. The second-order valence-electron chi connectivity index (χ2n) is 6.50. The first-order valence-electron chi connectivity index (χ1n) is 9.36. The van der Waals surface area contributed by atoms with Gasteiger partial charge in [0.05, 0.1) is 20.6 Å². The van der Waals surface area contributed by atoms with Crippen molar-refractivity contribution in [2.75, 3.05) is 0 Å². The van der Waals surface area contributed by atoms with Crippen molar-refractivity contribution in [1.29, 1.82) is 5.26 Å².